The SMILES string of the molecule is CC(C)(C)[C](=[W]#[O+])C(=S)c1c(-c2cccc(C(C)(C)C)c2O)cccc1-c1cccc(C(C)(C)C)c1O.[CH-]1CCCO1. The van der Waals surface area contributed by atoms with Crippen molar-refractivity contribution in [3.8, 4) is 33.8 Å². The second kappa shape index (κ2) is 13.6. The molecule has 3 aromatic carbocycles. The Morgan fingerprint density at radius 3 is 1.50 bits per heavy atom. The number of phenols is 2. The number of thiocarbonyl (C=S) groups is 1. The summed E-state index contributed by atoms with van der Waals surface area (Å²) >= 11 is 3.98. The van der Waals surface area contributed by atoms with E-state index in [9.17, 15) is 13.4 Å². The number of aromatic hydroxyl groups is 2. The average Bonchev–Trinajstić information content (AvgIpc) is 3.47. The van der Waals surface area contributed by atoms with Gasteiger partial charge in [0.25, 0.3) is 0 Å². The first kappa shape index (κ1) is 34.3. The Bertz CT molecular complexity index is 1460. The van der Waals surface area contributed by atoms with Crippen molar-refractivity contribution < 1.29 is 36.1 Å². The summed E-state index contributed by atoms with van der Waals surface area (Å²) in [5.41, 5.74) is 4.38. The van der Waals surface area contributed by atoms with Crippen molar-refractivity contribution in [2.75, 3.05) is 6.61 Å². The van der Waals surface area contributed by atoms with Gasteiger partial charge in [-0.2, -0.15) is 6.42 Å². The number of hydrogen-bond acceptors (Lipinski definition) is 4. The van der Waals surface area contributed by atoms with Gasteiger partial charge in [-0.15, -0.1) is 0 Å². The molecule has 3 aromatic rings. The van der Waals surface area contributed by atoms with Gasteiger partial charge in [0.05, 0.1) is 0 Å². The molecule has 0 spiro atoms. The molecular formula is C36H45O4SW. The van der Waals surface area contributed by atoms with Crippen molar-refractivity contribution in [3.63, 3.8) is 0 Å². The Hall–Kier alpha value is -2.17. The standard InChI is InChI=1S/C32H38O2S.C4H7O.O.W/c1-30(2,3)19-26(35)27-20(22-15-11-17-24(28(22)33)31(4,5)6)13-10-14-21(27)23-16-12-18-25(29(23)34)32(7,8)9;1-2-4-5-3-1;;/h10-18,33-34H,1-9H3;3H,1-2,4H2;;/q;-1;+1;. The first-order chi connectivity index (χ1) is 19.5. The minimum Gasteiger partial charge on any atom is -0.552 e. The van der Waals surface area contributed by atoms with E-state index in [0.29, 0.717) is 16.0 Å². The van der Waals surface area contributed by atoms with Crippen LogP contribution < -0.4 is 0 Å². The molecule has 0 atom stereocenters. The van der Waals surface area contributed by atoms with Crippen LogP contribution in [0, 0.1) is 12.0 Å². The zero-order chi connectivity index (χ0) is 31.5. The minimum absolute atomic E-state index is 0.211. The topological polar surface area (TPSA) is 69.6 Å². The van der Waals surface area contributed by atoms with E-state index in [1.807, 2.05) is 82.0 Å². The molecule has 0 aliphatic carbocycles. The average molecular weight is 758 g/mol. The van der Waals surface area contributed by atoms with Crippen LogP contribution in [-0.2, 0) is 36.7 Å². The van der Waals surface area contributed by atoms with Crippen LogP contribution in [-0.4, -0.2) is 25.6 Å². The molecule has 0 unspecified atom stereocenters. The number of para-hydroxylation sites is 2. The Balaban J connectivity index is 0.000000873. The number of hydrogen-bond donors (Lipinski definition) is 2. The predicted molar refractivity (Wildman–Crippen MR) is 174 cm³/mol. The molecule has 4 nitrogen and oxygen atoms in total. The van der Waals surface area contributed by atoms with Crippen molar-refractivity contribution in [3.05, 3.63) is 77.9 Å². The van der Waals surface area contributed by atoms with E-state index in [1.54, 1.807) is 0 Å². The molecule has 1 heterocycles. The Morgan fingerprint density at radius 1 is 0.762 bits per heavy atom. The summed E-state index contributed by atoms with van der Waals surface area (Å²) in [5.74, 6) is 0.422. The van der Waals surface area contributed by atoms with Crippen LogP contribution in [0.5, 0.6) is 11.5 Å². The maximum atomic E-state index is 12.6. The fourth-order valence-electron chi connectivity index (χ4n) is 5.01. The van der Waals surface area contributed by atoms with Crippen LogP contribution >= 0.6 is 12.2 Å². The molecule has 6 heteroatoms. The summed E-state index contributed by atoms with van der Waals surface area (Å²) in [6, 6.07) is 17.4. The number of rotatable bonds is 4. The summed E-state index contributed by atoms with van der Waals surface area (Å²) in [6.07, 6.45) is 2.38. The van der Waals surface area contributed by atoms with Gasteiger partial charge < -0.3 is 4.74 Å². The van der Waals surface area contributed by atoms with Gasteiger partial charge in [-0.25, -0.2) is 6.61 Å². The molecule has 0 radical (unpaired) electrons. The van der Waals surface area contributed by atoms with E-state index < -0.39 is 17.9 Å². The van der Waals surface area contributed by atoms with E-state index in [2.05, 4.69) is 41.5 Å². The van der Waals surface area contributed by atoms with Gasteiger partial charge in [-0.3, -0.25) is 0 Å². The fourth-order valence-corrected chi connectivity index (χ4v) is 7.35. The van der Waals surface area contributed by atoms with Gasteiger partial charge in [-0.1, -0.05) is 6.42 Å². The maximum absolute atomic E-state index is 12.6. The van der Waals surface area contributed by atoms with Crippen molar-refractivity contribution in [2.45, 2.75) is 86.0 Å². The molecule has 0 bridgehead atoms. The fraction of sp³-hybridized carbons (Fsp3) is 0.417. The predicted octanol–water partition coefficient (Wildman–Crippen LogP) is 9.35. The zero-order valence-electron chi connectivity index (χ0n) is 26.4. The quantitative estimate of drug-likeness (QED) is 0.121. The van der Waals surface area contributed by atoms with Crippen LogP contribution in [0.4, 0.5) is 0 Å². The molecule has 0 amide bonds. The normalized spacial score (nSPS) is 13.6. The van der Waals surface area contributed by atoms with Crippen molar-refractivity contribution in [1.29, 1.82) is 0 Å². The molecule has 225 valence electrons. The van der Waals surface area contributed by atoms with Crippen LogP contribution in [0.3, 0.4) is 0 Å². The van der Waals surface area contributed by atoms with Gasteiger partial charge in [0.1, 0.15) is 0 Å². The Kier molecular flexibility index (Phi) is 11.1. The number of phenolic OH excluding ortho intramolecular Hbond substituents is 2. The van der Waals surface area contributed by atoms with Crippen molar-refractivity contribution in [2.24, 2.45) is 5.41 Å². The monoisotopic (exact) mass is 757 g/mol. The van der Waals surface area contributed by atoms with E-state index >= 15 is 0 Å². The van der Waals surface area contributed by atoms with Crippen LogP contribution in [0.25, 0.3) is 22.3 Å². The summed E-state index contributed by atoms with van der Waals surface area (Å²) < 4.78 is 18.2. The van der Waals surface area contributed by atoms with Crippen LogP contribution in [0.1, 0.15) is 91.8 Å². The molecule has 0 saturated carbocycles. The first-order valence-electron chi connectivity index (χ1n) is 14.4. The molecule has 1 fully saturated rings. The van der Waals surface area contributed by atoms with E-state index in [0.717, 1.165) is 44.7 Å². The largest absolute Gasteiger partial charge is 0.552 e. The van der Waals surface area contributed by atoms with Gasteiger partial charge in [-0.05, 0) is 0 Å². The summed E-state index contributed by atoms with van der Waals surface area (Å²) in [7, 11) is 0. The third kappa shape index (κ3) is 7.85. The molecule has 42 heavy (non-hydrogen) atoms. The molecular weight excluding hydrogens is 712 g/mol. The molecule has 2 N–H and O–H groups in total. The summed E-state index contributed by atoms with van der Waals surface area (Å²) in [6.45, 7) is 21.3. The summed E-state index contributed by atoms with van der Waals surface area (Å²) in [4.78, 5) is 0.541. The molecule has 4 rings (SSSR count). The zero-order valence-corrected chi connectivity index (χ0v) is 30.2. The molecule has 1 aliphatic heterocycles. The van der Waals surface area contributed by atoms with Crippen molar-refractivity contribution in [1.82, 2.24) is 0 Å². The molecule has 0 aromatic heterocycles. The smallest absolute Gasteiger partial charge is 0.00878 e. The minimum atomic E-state index is -2.12. The van der Waals surface area contributed by atoms with E-state index in [4.69, 9.17) is 17.0 Å². The maximum Gasteiger partial charge on any atom is 0.00878 e. The third-order valence-corrected chi connectivity index (χ3v) is 11.7. The van der Waals surface area contributed by atoms with E-state index in [1.165, 1.54) is 6.42 Å². The second-order valence-electron chi connectivity index (χ2n) is 13.8. The second-order valence-corrected chi connectivity index (χ2v) is 16.3. The number of ether oxygens (including phenoxy) is 1. The van der Waals surface area contributed by atoms with E-state index in [-0.39, 0.29) is 27.7 Å². The van der Waals surface area contributed by atoms with Gasteiger partial charge >= 0.3 is 236 Å². The van der Waals surface area contributed by atoms with Gasteiger partial charge in [0.2, 0.25) is 0 Å². The Morgan fingerprint density at radius 2 is 1.19 bits per heavy atom. The summed E-state index contributed by atoms with van der Waals surface area (Å²) in [5, 5.41) is 22.9. The van der Waals surface area contributed by atoms with Crippen LogP contribution in [0.15, 0.2) is 54.6 Å². The first-order valence-corrected chi connectivity index (χ1v) is 17.5. The Labute approximate surface area is 265 Å². The third-order valence-electron chi connectivity index (χ3n) is 7.23. The molecule has 1 saturated heterocycles. The van der Waals surface area contributed by atoms with Gasteiger partial charge in [0.15, 0.2) is 0 Å². The van der Waals surface area contributed by atoms with Gasteiger partial charge in [0, 0.05) is 6.61 Å². The molecule has 1 aliphatic rings. The van der Waals surface area contributed by atoms with Crippen LogP contribution in [0.2, 0.25) is 0 Å². The van der Waals surface area contributed by atoms with Crippen molar-refractivity contribution >= 4 is 21.0 Å². The number of benzene rings is 3.